The number of likely N-dealkylation sites (tertiary alicyclic amines) is 1. The highest BCUT2D eigenvalue weighted by atomic mass is 32.2. The number of rotatable bonds is 6. The molecule has 7 heteroatoms. The molecule has 1 aromatic rings. The molecule has 2 rings (SSSR count). The lowest BCUT2D eigenvalue weighted by Gasteiger charge is -2.29. The van der Waals surface area contributed by atoms with E-state index in [1.807, 2.05) is 12.1 Å². The molecule has 0 spiro atoms. The second kappa shape index (κ2) is 7.40. The molecule has 0 amide bonds. The monoisotopic (exact) mass is 315 g/mol. The van der Waals surface area contributed by atoms with Crippen LogP contribution in [-0.2, 0) is 10.2 Å². The molecule has 0 saturated carbocycles. The van der Waals surface area contributed by atoms with Crippen LogP contribution in [0.25, 0.3) is 0 Å². The topological polar surface area (TPSA) is 65.8 Å². The summed E-state index contributed by atoms with van der Waals surface area (Å²) in [6.45, 7) is 2.29. The summed E-state index contributed by atoms with van der Waals surface area (Å²) in [6.07, 6.45) is 6.42. The van der Waals surface area contributed by atoms with Crippen molar-refractivity contribution in [1.82, 2.24) is 13.9 Å². The van der Waals surface area contributed by atoms with Gasteiger partial charge < -0.3 is 4.42 Å². The molecule has 0 bridgehead atoms. The largest absolute Gasteiger partial charge is 0.468 e. The van der Waals surface area contributed by atoms with Gasteiger partial charge in [0.15, 0.2) is 0 Å². The van der Waals surface area contributed by atoms with E-state index in [9.17, 15) is 8.42 Å². The summed E-state index contributed by atoms with van der Waals surface area (Å²) in [5.41, 5.74) is 0. The Balaban J connectivity index is 2.09. The van der Waals surface area contributed by atoms with Gasteiger partial charge in [0.05, 0.1) is 12.3 Å². The van der Waals surface area contributed by atoms with Crippen LogP contribution >= 0.6 is 0 Å². The van der Waals surface area contributed by atoms with Crippen molar-refractivity contribution >= 4 is 10.2 Å². The normalized spacial score (nSPS) is 19.6. The van der Waals surface area contributed by atoms with E-state index < -0.39 is 10.2 Å². The smallest absolute Gasteiger partial charge is 0.278 e. The molecule has 1 N–H and O–H groups in total. The summed E-state index contributed by atoms with van der Waals surface area (Å²) in [4.78, 5) is 2.32. The minimum absolute atomic E-state index is 0.0483. The van der Waals surface area contributed by atoms with Gasteiger partial charge in [0, 0.05) is 20.6 Å². The first-order valence-electron chi connectivity index (χ1n) is 7.45. The lowest BCUT2D eigenvalue weighted by Crippen LogP contribution is -2.42. The molecule has 1 fully saturated rings. The Bertz CT molecular complexity index is 506. The Hall–Kier alpha value is -0.890. The molecule has 0 radical (unpaired) electrons. The fraction of sp³-hybridized carbons (Fsp3) is 0.714. The molecule has 1 aliphatic heterocycles. The molecular weight excluding hydrogens is 290 g/mol. The van der Waals surface area contributed by atoms with E-state index in [4.69, 9.17) is 4.42 Å². The van der Waals surface area contributed by atoms with Crippen LogP contribution in [0.2, 0.25) is 0 Å². The molecular formula is C14H25N3O3S. The average molecular weight is 315 g/mol. The van der Waals surface area contributed by atoms with Crippen LogP contribution in [0.15, 0.2) is 22.8 Å². The predicted octanol–water partition coefficient (Wildman–Crippen LogP) is 1.59. The highest BCUT2D eigenvalue weighted by Crippen LogP contribution is 2.24. The van der Waals surface area contributed by atoms with E-state index in [2.05, 4.69) is 9.62 Å². The van der Waals surface area contributed by atoms with Crippen molar-refractivity contribution in [3.8, 4) is 0 Å². The number of nitrogens with zero attached hydrogens (tertiary/aromatic N) is 2. The quantitative estimate of drug-likeness (QED) is 0.866. The summed E-state index contributed by atoms with van der Waals surface area (Å²) in [6, 6.07) is 3.72. The maximum absolute atomic E-state index is 11.9. The fourth-order valence-corrected chi connectivity index (χ4v) is 3.24. The lowest BCUT2D eigenvalue weighted by atomic mass is 10.2. The van der Waals surface area contributed by atoms with Gasteiger partial charge in [-0.3, -0.25) is 4.90 Å². The van der Waals surface area contributed by atoms with Crippen molar-refractivity contribution in [2.75, 3.05) is 33.7 Å². The molecule has 1 unspecified atom stereocenters. The van der Waals surface area contributed by atoms with Gasteiger partial charge in [0.25, 0.3) is 10.2 Å². The molecule has 21 heavy (non-hydrogen) atoms. The third-order valence-corrected chi connectivity index (χ3v) is 5.39. The van der Waals surface area contributed by atoms with E-state index in [1.54, 1.807) is 6.26 Å². The van der Waals surface area contributed by atoms with Crippen molar-refractivity contribution in [3.05, 3.63) is 24.2 Å². The van der Waals surface area contributed by atoms with Crippen LogP contribution in [0.1, 0.15) is 37.5 Å². The van der Waals surface area contributed by atoms with Gasteiger partial charge in [-0.05, 0) is 38.1 Å². The number of hydrogen-bond donors (Lipinski definition) is 1. The van der Waals surface area contributed by atoms with Gasteiger partial charge in [0.1, 0.15) is 5.76 Å². The summed E-state index contributed by atoms with van der Waals surface area (Å²) in [7, 11) is -0.369. The Labute approximate surface area is 127 Å². The highest BCUT2D eigenvalue weighted by Gasteiger charge is 2.26. The standard InChI is InChI=1S/C14H25N3O3S/c1-16(2)21(18,19)15-12-13(14-8-7-11-20-14)17-9-5-3-4-6-10-17/h7-8,11,13,15H,3-6,9-10,12H2,1-2H3. The first-order chi connectivity index (χ1) is 10.0. The third kappa shape index (κ3) is 4.54. The van der Waals surface area contributed by atoms with E-state index in [-0.39, 0.29) is 6.04 Å². The molecule has 1 aromatic heterocycles. The van der Waals surface area contributed by atoms with Gasteiger partial charge in [-0.15, -0.1) is 0 Å². The molecule has 6 nitrogen and oxygen atoms in total. The minimum atomic E-state index is -3.42. The molecule has 0 aliphatic carbocycles. The van der Waals surface area contributed by atoms with Crippen molar-refractivity contribution in [2.24, 2.45) is 0 Å². The zero-order valence-corrected chi connectivity index (χ0v) is 13.6. The van der Waals surface area contributed by atoms with E-state index >= 15 is 0 Å². The van der Waals surface area contributed by atoms with Crippen LogP contribution in [0.5, 0.6) is 0 Å². The fourth-order valence-electron chi connectivity index (χ4n) is 2.61. The second-order valence-electron chi connectivity index (χ2n) is 5.62. The summed E-state index contributed by atoms with van der Waals surface area (Å²) in [5, 5.41) is 0. The Kier molecular flexibility index (Phi) is 5.80. The zero-order valence-electron chi connectivity index (χ0n) is 12.8. The molecule has 2 heterocycles. The van der Waals surface area contributed by atoms with Gasteiger partial charge in [-0.25, -0.2) is 4.72 Å². The third-order valence-electron chi connectivity index (χ3n) is 3.89. The molecule has 1 aliphatic rings. The highest BCUT2D eigenvalue weighted by molar-refractivity contribution is 7.87. The van der Waals surface area contributed by atoms with Crippen LogP contribution in [0, 0.1) is 0 Å². The van der Waals surface area contributed by atoms with Gasteiger partial charge in [-0.1, -0.05) is 12.8 Å². The van der Waals surface area contributed by atoms with Crippen molar-refractivity contribution in [3.63, 3.8) is 0 Å². The maximum Gasteiger partial charge on any atom is 0.278 e. The number of nitrogens with one attached hydrogen (secondary N) is 1. The maximum atomic E-state index is 11.9. The van der Waals surface area contributed by atoms with Crippen LogP contribution in [0.3, 0.4) is 0 Å². The van der Waals surface area contributed by atoms with Crippen molar-refractivity contribution in [2.45, 2.75) is 31.7 Å². The van der Waals surface area contributed by atoms with Crippen LogP contribution < -0.4 is 4.72 Å². The minimum Gasteiger partial charge on any atom is -0.468 e. The second-order valence-corrected chi connectivity index (χ2v) is 7.59. The molecule has 1 atom stereocenters. The van der Waals surface area contributed by atoms with Crippen LogP contribution in [-0.4, -0.2) is 51.4 Å². The Morgan fingerprint density at radius 2 is 1.95 bits per heavy atom. The lowest BCUT2D eigenvalue weighted by molar-refractivity contribution is 0.182. The molecule has 1 saturated heterocycles. The summed E-state index contributed by atoms with van der Waals surface area (Å²) < 4.78 is 33.2. The summed E-state index contributed by atoms with van der Waals surface area (Å²) >= 11 is 0. The van der Waals surface area contributed by atoms with Crippen LogP contribution in [0.4, 0.5) is 0 Å². The SMILES string of the molecule is CN(C)S(=O)(=O)NCC(c1ccco1)N1CCCCCC1. The summed E-state index contributed by atoms with van der Waals surface area (Å²) in [5.74, 6) is 0.818. The average Bonchev–Trinajstić information content (AvgIpc) is 2.82. The van der Waals surface area contributed by atoms with Crippen molar-refractivity contribution < 1.29 is 12.8 Å². The van der Waals surface area contributed by atoms with Gasteiger partial charge in [0.2, 0.25) is 0 Å². The zero-order chi connectivity index (χ0) is 15.3. The number of hydrogen-bond acceptors (Lipinski definition) is 4. The first kappa shape index (κ1) is 16.5. The van der Waals surface area contributed by atoms with E-state index in [0.717, 1.165) is 31.7 Å². The Morgan fingerprint density at radius 1 is 1.29 bits per heavy atom. The van der Waals surface area contributed by atoms with Crippen molar-refractivity contribution in [1.29, 1.82) is 0 Å². The molecule has 120 valence electrons. The van der Waals surface area contributed by atoms with Gasteiger partial charge >= 0.3 is 0 Å². The first-order valence-corrected chi connectivity index (χ1v) is 8.89. The van der Waals surface area contributed by atoms with E-state index in [1.165, 1.54) is 31.2 Å². The Morgan fingerprint density at radius 3 is 2.48 bits per heavy atom. The predicted molar refractivity (Wildman–Crippen MR) is 82.1 cm³/mol. The number of furan rings is 1. The van der Waals surface area contributed by atoms with Gasteiger partial charge in [-0.2, -0.15) is 12.7 Å². The van der Waals surface area contributed by atoms with E-state index in [0.29, 0.717) is 6.54 Å². The molecule has 0 aromatic carbocycles.